The van der Waals surface area contributed by atoms with E-state index < -0.39 is 0 Å². The Balaban J connectivity index is 1.95. The predicted molar refractivity (Wildman–Crippen MR) is 72.2 cm³/mol. The molecule has 3 N–H and O–H groups in total. The van der Waals surface area contributed by atoms with Gasteiger partial charge in [-0.1, -0.05) is 0 Å². The number of methoxy groups -OCH3 is 1. The SMILES string of the molecule is COc1ccc2nc(N3CC(CN)CC3=O)[nH]c2c1. The Bertz CT molecular complexity index is 622. The maximum absolute atomic E-state index is 11.9. The summed E-state index contributed by atoms with van der Waals surface area (Å²) in [7, 11) is 1.62. The molecule has 100 valence electrons. The van der Waals surface area contributed by atoms with Crippen LogP contribution in [-0.2, 0) is 4.79 Å². The maximum atomic E-state index is 11.9. The van der Waals surface area contributed by atoms with E-state index in [1.165, 1.54) is 0 Å². The minimum atomic E-state index is 0.0708. The van der Waals surface area contributed by atoms with Crippen LogP contribution < -0.4 is 15.4 Å². The highest BCUT2D eigenvalue weighted by molar-refractivity contribution is 5.95. The van der Waals surface area contributed by atoms with Gasteiger partial charge in [0.25, 0.3) is 0 Å². The molecule has 1 atom stereocenters. The second-order valence-electron chi connectivity index (χ2n) is 4.75. The van der Waals surface area contributed by atoms with Crippen molar-refractivity contribution in [3.05, 3.63) is 18.2 Å². The zero-order valence-corrected chi connectivity index (χ0v) is 10.7. The molecule has 2 heterocycles. The highest BCUT2D eigenvalue weighted by Crippen LogP contribution is 2.26. The smallest absolute Gasteiger partial charge is 0.229 e. The van der Waals surface area contributed by atoms with Gasteiger partial charge in [-0.3, -0.25) is 9.69 Å². The highest BCUT2D eigenvalue weighted by atomic mass is 16.5. The summed E-state index contributed by atoms with van der Waals surface area (Å²) in [6.07, 6.45) is 0.497. The number of hydrogen-bond donors (Lipinski definition) is 2. The molecule has 19 heavy (non-hydrogen) atoms. The minimum Gasteiger partial charge on any atom is -0.497 e. The lowest BCUT2D eigenvalue weighted by Crippen LogP contribution is -2.26. The number of H-pyrrole nitrogens is 1. The first-order valence-corrected chi connectivity index (χ1v) is 6.25. The molecule has 0 aliphatic carbocycles. The number of fused-ring (bicyclic) bond motifs is 1. The molecule has 1 fully saturated rings. The molecule has 0 spiro atoms. The summed E-state index contributed by atoms with van der Waals surface area (Å²) < 4.78 is 5.17. The van der Waals surface area contributed by atoms with Gasteiger partial charge in [0.05, 0.1) is 18.1 Å². The van der Waals surface area contributed by atoms with Crippen LogP contribution in [0.25, 0.3) is 11.0 Å². The molecule has 6 heteroatoms. The Morgan fingerprint density at radius 3 is 3.11 bits per heavy atom. The quantitative estimate of drug-likeness (QED) is 0.858. The number of anilines is 1. The van der Waals surface area contributed by atoms with Gasteiger partial charge >= 0.3 is 0 Å². The van der Waals surface area contributed by atoms with Gasteiger partial charge in [-0.15, -0.1) is 0 Å². The van der Waals surface area contributed by atoms with Gasteiger partial charge in [0, 0.05) is 19.0 Å². The molecule has 1 amide bonds. The van der Waals surface area contributed by atoms with Crippen LogP contribution in [0.4, 0.5) is 5.95 Å². The van der Waals surface area contributed by atoms with Gasteiger partial charge in [-0.2, -0.15) is 0 Å². The lowest BCUT2D eigenvalue weighted by atomic mass is 10.1. The van der Waals surface area contributed by atoms with E-state index in [9.17, 15) is 4.79 Å². The van der Waals surface area contributed by atoms with E-state index >= 15 is 0 Å². The molecule has 2 aromatic rings. The summed E-state index contributed by atoms with van der Waals surface area (Å²) in [4.78, 5) is 21.2. The van der Waals surface area contributed by atoms with Crippen molar-refractivity contribution in [2.75, 3.05) is 25.1 Å². The van der Waals surface area contributed by atoms with Gasteiger partial charge in [0.2, 0.25) is 11.9 Å². The molecule has 0 radical (unpaired) electrons. The molecule has 1 aromatic heterocycles. The number of carbonyl (C=O) groups excluding carboxylic acids is 1. The molecule has 1 aliphatic rings. The average Bonchev–Trinajstić information content (AvgIpc) is 3.00. The normalized spacial score (nSPS) is 19.4. The van der Waals surface area contributed by atoms with E-state index in [0.29, 0.717) is 25.5 Å². The number of nitrogens with zero attached hydrogens (tertiary/aromatic N) is 2. The standard InChI is InChI=1S/C13H16N4O2/c1-19-9-2-3-10-11(5-9)16-13(15-10)17-7-8(6-14)4-12(17)18/h2-3,5,8H,4,6-7,14H2,1H3,(H,15,16). The number of imidazole rings is 1. The van der Waals surface area contributed by atoms with Crippen molar-refractivity contribution in [1.82, 2.24) is 9.97 Å². The van der Waals surface area contributed by atoms with Crippen LogP contribution in [0, 0.1) is 5.92 Å². The highest BCUT2D eigenvalue weighted by Gasteiger charge is 2.31. The number of aromatic amines is 1. The second kappa shape index (κ2) is 4.55. The summed E-state index contributed by atoms with van der Waals surface area (Å²) >= 11 is 0. The largest absolute Gasteiger partial charge is 0.497 e. The van der Waals surface area contributed by atoms with Gasteiger partial charge < -0.3 is 15.5 Å². The molecule has 1 saturated heterocycles. The number of ether oxygens (including phenoxy) is 1. The fourth-order valence-electron chi connectivity index (χ4n) is 2.37. The van der Waals surface area contributed by atoms with Crippen LogP contribution in [0.15, 0.2) is 18.2 Å². The van der Waals surface area contributed by atoms with Crippen molar-refractivity contribution >= 4 is 22.9 Å². The van der Waals surface area contributed by atoms with E-state index in [2.05, 4.69) is 9.97 Å². The zero-order valence-electron chi connectivity index (χ0n) is 10.7. The molecule has 0 saturated carbocycles. The van der Waals surface area contributed by atoms with E-state index in [-0.39, 0.29) is 11.8 Å². The molecule has 1 unspecified atom stereocenters. The van der Waals surface area contributed by atoms with Gasteiger partial charge in [-0.25, -0.2) is 4.98 Å². The first-order valence-electron chi connectivity index (χ1n) is 6.25. The summed E-state index contributed by atoms with van der Waals surface area (Å²) in [6.45, 7) is 1.16. The zero-order chi connectivity index (χ0) is 13.4. The number of nitrogens with one attached hydrogen (secondary N) is 1. The van der Waals surface area contributed by atoms with Crippen LogP contribution in [-0.4, -0.2) is 36.1 Å². The first-order chi connectivity index (χ1) is 9.21. The van der Waals surface area contributed by atoms with Crippen LogP contribution in [0.5, 0.6) is 5.75 Å². The van der Waals surface area contributed by atoms with E-state index in [1.54, 1.807) is 12.0 Å². The summed E-state index contributed by atoms with van der Waals surface area (Å²) in [5, 5.41) is 0. The van der Waals surface area contributed by atoms with E-state index in [1.807, 2.05) is 18.2 Å². The van der Waals surface area contributed by atoms with E-state index in [0.717, 1.165) is 16.8 Å². The topological polar surface area (TPSA) is 84.2 Å². The van der Waals surface area contributed by atoms with Gasteiger partial charge in [0.15, 0.2) is 0 Å². The van der Waals surface area contributed by atoms with Crippen molar-refractivity contribution in [2.24, 2.45) is 11.7 Å². The van der Waals surface area contributed by atoms with Crippen molar-refractivity contribution in [3.63, 3.8) is 0 Å². The third kappa shape index (κ3) is 2.04. The van der Waals surface area contributed by atoms with Crippen LogP contribution in [0.1, 0.15) is 6.42 Å². The van der Waals surface area contributed by atoms with Crippen LogP contribution >= 0.6 is 0 Å². The Morgan fingerprint density at radius 1 is 1.58 bits per heavy atom. The average molecular weight is 260 g/mol. The molecular weight excluding hydrogens is 244 g/mol. The predicted octanol–water partition coefficient (Wildman–Crippen LogP) is 0.883. The molecule has 3 rings (SSSR count). The molecule has 0 bridgehead atoms. The number of aromatic nitrogens is 2. The first kappa shape index (κ1) is 12.0. The Morgan fingerprint density at radius 2 is 2.42 bits per heavy atom. The summed E-state index contributed by atoms with van der Waals surface area (Å²) in [6, 6.07) is 5.59. The molecular formula is C13H16N4O2. The monoisotopic (exact) mass is 260 g/mol. The van der Waals surface area contributed by atoms with Crippen molar-refractivity contribution < 1.29 is 9.53 Å². The van der Waals surface area contributed by atoms with Crippen molar-refractivity contribution in [1.29, 1.82) is 0 Å². The van der Waals surface area contributed by atoms with Gasteiger partial charge in [-0.05, 0) is 24.6 Å². The van der Waals surface area contributed by atoms with E-state index in [4.69, 9.17) is 10.5 Å². The summed E-state index contributed by atoms with van der Waals surface area (Å²) in [5.41, 5.74) is 7.30. The fourth-order valence-corrected chi connectivity index (χ4v) is 2.37. The van der Waals surface area contributed by atoms with Crippen molar-refractivity contribution in [2.45, 2.75) is 6.42 Å². The van der Waals surface area contributed by atoms with Crippen LogP contribution in [0.3, 0.4) is 0 Å². The van der Waals surface area contributed by atoms with Crippen molar-refractivity contribution in [3.8, 4) is 5.75 Å². The number of rotatable bonds is 3. The third-order valence-electron chi connectivity index (χ3n) is 3.47. The molecule has 6 nitrogen and oxygen atoms in total. The number of amides is 1. The lowest BCUT2D eigenvalue weighted by Gasteiger charge is -2.12. The second-order valence-corrected chi connectivity index (χ2v) is 4.75. The van der Waals surface area contributed by atoms with Gasteiger partial charge in [0.1, 0.15) is 5.75 Å². The summed E-state index contributed by atoms with van der Waals surface area (Å²) in [5.74, 6) is 1.64. The fraction of sp³-hybridized carbons (Fsp3) is 0.385. The number of carbonyl (C=O) groups is 1. The molecule has 1 aromatic carbocycles. The maximum Gasteiger partial charge on any atom is 0.229 e. The molecule has 1 aliphatic heterocycles. The Kier molecular flexibility index (Phi) is 2.87. The third-order valence-corrected chi connectivity index (χ3v) is 3.47. The van der Waals surface area contributed by atoms with Crippen LogP contribution in [0.2, 0.25) is 0 Å². The number of hydrogen-bond acceptors (Lipinski definition) is 4. The lowest BCUT2D eigenvalue weighted by molar-refractivity contribution is -0.117. The Labute approximate surface area is 110 Å². The number of nitrogens with two attached hydrogens (primary N) is 1. The Hall–Kier alpha value is -2.08. The number of benzene rings is 1. The minimum absolute atomic E-state index is 0.0708.